The van der Waals surface area contributed by atoms with E-state index in [9.17, 15) is 4.79 Å². The molecule has 1 amide bonds. The first-order valence-electron chi connectivity index (χ1n) is 7.24. The van der Waals surface area contributed by atoms with Gasteiger partial charge in [0, 0.05) is 6.54 Å². The molecule has 0 saturated heterocycles. The smallest absolute Gasteiger partial charge is 0.275 e. The van der Waals surface area contributed by atoms with Crippen molar-refractivity contribution in [3.63, 3.8) is 0 Å². The minimum Gasteiger partial charge on any atom is -0.463 e. The number of hydrogen-bond acceptors (Lipinski definition) is 4. The summed E-state index contributed by atoms with van der Waals surface area (Å²) in [6.45, 7) is 3.08. The van der Waals surface area contributed by atoms with Gasteiger partial charge in [-0.2, -0.15) is 0 Å². The average Bonchev–Trinajstić information content (AvgIpc) is 3.20. The van der Waals surface area contributed by atoms with E-state index < -0.39 is 0 Å². The van der Waals surface area contributed by atoms with Crippen molar-refractivity contribution >= 4 is 5.91 Å². The quantitative estimate of drug-likeness (QED) is 0.833. The molecule has 0 spiro atoms. The van der Waals surface area contributed by atoms with E-state index >= 15 is 0 Å². The van der Waals surface area contributed by atoms with E-state index in [0.29, 0.717) is 13.1 Å². The van der Waals surface area contributed by atoms with Crippen LogP contribution in [-0.2, 0) is 11.3 Å². The normalized spacial score (nSPS) is 13.9. The SMILES string of the molecule is C[C@@H]([NH2+]CC(=O)NCc1ccc2c(c1)OCO2)c1ccco1. The Labute approximate surface area is 128 Å². The van der Waals surface area contributed by atoms with Gasteiger partial charge >= 0.3 is 0 Å². The molecular weight excluding hydrogens is 284 g/mol. The van der Waals surface area contributed by atoms with Crippen LogP contribution in [-0.4, -0.2) is 19.2 Å². The highest BCUT2D eigenvalue weighted by Gasteiger charge is 2.15. The summed E-state index contributed by atoms with van der Waals surface area (Å²) in [6.07, 6.45) is 1.64. The zero-order valence-corrected chi connectivity index (χ0v) is 12.4. The Morgan fingerprint density at radius 1 is 1.32 bits per heavy atom. The standard InChI is InChI=1S/C16H18N2O4/c1-11(13-3-2-6-20-13)17-9-16(19)18-8-12-4-5-14-15(7-12)22-10-21-14/h2-7,11,17H,8-10H2,1H3,(H,18,19)/p+1/t11-/m1/s1. The fraction of sp³-hybridized carbons (Fsp3) is 0.312. The average molecular weight is 303 g/mol. The van der Waals surface area contributed by atoms with Crippen molar-refractivity contribution in [3.05, 3.63) is 47.9 Å². The minimum absolute atomic E-state index is 0.0175. The molecule has 2 heterocycles. The Morgan fingerprint density at radius 3 is 3.00 bits per heavy atom. The van der Waals surface area contributed by atoms with Gasteiger partial charge in [0.25, 0.3) is 5.91 Å². The summed E-state index contributed by atoms with van der Waals surface area (Å²) in [5, 5.41) is 4.83. The fourth-order valence-corrected chi connectivity index (χ4v) is 2.27. The monoisotopic (exact) mass is 303 g/mol. The van der Waals surface area contributed by atoms with Gasteiger partial charge in [0.05, 0.1) is 6.26 Å². The first kappa shape index (κ1) is 14.5. The van der Waals surface area contributed by atoms with Gasteiger partial charge in [0.15, 0.2) is 23.8 Å². The molecule has 1 atom stereocenters. The summed E-state index contributed by atoms with van der Waals surface area (Å²) in [7, 11) is 0. The maximum atomic E-state index is 11.9. The summed E-state index contributed by atoms with van der Waals surface area (Å²) in [4.78, 5) is 11.9. The van der Waals surface area contributed by atoms with Gasteiger partial charge < -0.3 is 24.5 Å². The van der Waals surface area contributed by atoms with E-state index in [-0.39, 0.29) is 18.7 Å². The molecule has 1 aliphatic rings. The van der Waals surface area contributed by atoms with Crippen molar-refractivity contribution in [3.8, 4) is 11.5 Å². The summed E-state index contributed by atoms with van der Waals surface area (Å²) in [6, 6.07) is 9.53. The highest BCUT2D eigenvalue weighted by atomic mass is 16.7. The molecule has 6 nitrogen and oxygen atoms in total. The van der Waals surface area contributed by atoms with Crippen LogP contribution in [0.15, 0.2) is 41.0 Å². The summed E-state index contributed by atoms with van der Waals surface area (Å²) >= 11 is 0. The van der Waals surface area contributed by atoms with Gasteiger partial charge in [0.1, 0.15) is 6.04 Å². The highest BCUT2D eigenvalue weighted by Crippen LogP contribution is 2.32. The molecular formula is C16H19N2O4+. The van der Waals surface area contributed by atoms with E-state index in [2.05, 4.69) is 5.32 Å². The summed E-state index contributed by atoms with van der Waals surface area (Å²) < 4.78 is 15.9. The fourth-order valence-electron chi connectivity index (χ4n) is 2.27. The van der Waals surface area contributed by atoms with Crippen molar-refractivity contribution in [2.75, 3.05) is 13.3 Å². The van der Waals surface area contributed by atoms with Crippen LogP contribution in [0.1, 0.15) is 24.3 Å². The molecule has 0 bridgehead atoms. The first-order valence-corrected chi connectivity index (χ1v) is 7.24. The number of carbonyl (C=O) groups is 1. The maximum absolute atomic E-state index is 11.9. The molecule has 2 aromatic rings. The lowest BCUT2D eigenvalue weighted by Gasteiger charge is -2.09. The Kier molecular flexibility index (Phi) is 4.29. The number of quaternary nitrogens is 1. The van der Waals surface area contributed by atoms with E-state index in [1.807, 2.05) is 42.6 Å². The number of ether oxygens (including phenoxy) is 2. The van der Waals surface area contributed by atoms with Crippen LogP contribution in [0.5, 0.6) is 11.5 Å². The molecule has 0 radical (unpaired) electrons. The third-order valence-corrected chi connectivity index (χ3v) is 3.58. The Balaban J connectivity index is 1.44. The third-order valence-electron chi connectivity index (χ3n) is 3.58. The lowest BCUT2D eigenvalue weighted by Crippen LogP contribution is -2.86. The van der Waals surface area contributed by atoms with Gasteiger partial charge in [-0.15, -0.1) is 0 Å². The number of nitrogens with one attached hydrogen (secondary N) is 1. The van der Waals surface area contributed by atoms with Gasteiger partial charge in [-0.25, -0.2) is 0 Å². The molecule has 1 aromatic heterocycles. The molecule has 3 rings (SSSR count). The van der Waals surface area contributed by atoms with Crippen molar-refractivity contribution < 1.29 is 24.0 Å². The summed E-state index contributed by atoms with van der Waals surface area (Å²) in [5.74, 6) is 2.32. The Morgan fingerprint density at radius 2 is 2.18 bits per heavy atom. The molecule has 116 valence electrons. The number of amides is 1. The van der Waals surface area contributed by atoms with E-state index in [1.54, 1.807) is 6.26 Å². The number of furan rings is 1. The zero-order valence-electron chi connectivity index (χ0n) is 12.4. The first-order chi connectivity index (χ1) is 10.7. The largest absolute Gasteiger partial charge is 0.463 e. The molecule has 0 aliphatic carbocycles. The topological polar surface area (TPSA) is 77.3 Å². The molecule has 0 unspecified atom stereocenters. The zero-order chi connectivity index (χ0) is 15.4. The molecule has 1 aromatic carbocycles. The molecule has 3 N–H and O–H groups in total. The second kappa shape index (κ2) is 6.53. The Hall–Kier alpha value is -2.47. The van der Waals surface area contributed by atoms with Crippen molar-refractivity contribution in [1.29, 1.82) is 0 Å². The second-order valence-electron chi connectivity index (χ2n) is 5.21. The number of nitrogens with two attached hydrogens (primary N) is 1. The molecule has 1 aliphatic heterocycles. The van der Waals surface area contributed by atoms with Crippen molar-refractivity contribution in [2.45, 2.75) is 19.5 Å². The number of carbonyl (C=O) groups excluding carboxylic acids is 1. The van der Waals surface area contributed by atoms with E-state index in [1.165, 1.54) is 0 Å². The predicted molar refractivity (Wildman–Crippen MR) is 78.3 cm³/mol. The van der Waals surface area contributed by atoms with Crippen LogP contribution in [0, 0.1) is 0 Å². The third kappa shape index (κ3) is 3.40. The van der Waals surface area contributed by atoms with Crippen LogP contribution in [0.4, 0.5) is 0 Å². The maximum Gasteiger partial charge on any atom is 0.275 e. The molecule has 6 heteroatoms. The van der Waals surface area contributed by atoms with E-state index in [4.69, 9.17) is 13.9 Å². The highest BCUT2D eigenvalue weighted by molar-refractivity contribution is 5.76. The van der Waals surface area contributed by atoms with Crippen LogP contribution in [0.25, 0.3) is 0 Å². The number of hydrogen-bond donors (Lipinski definition) is 2. The molecule has 0 fully saturated rings. The number of fused-ring (bicyclic) bond motifs is 1. The van der Waals surface area contributed by atoms with Crippen LogP contribution < -0.4 is 20.1 Å². The second-order valence-corrected chi connectivity index (χ2v) is 5.21. The van der Waals surface area contributed by atoms with Crippen LogP contribution >= 0.6 is 0 Å². The lowest BCUT2D eigenvalue weighted by atomic mass is 10.2. The molecule has 0 saturated carbocycles. The van der Waals surface area contributed by atoms with Crippen molar-refractivity contribution in [2.24, 2.45) is 0 Å². The lowest BCUT2D eigenvalue weighted by molar-refractivity contribution is -0.684. The van der Waals surface area contributed by atoms with Crippen molar-refractivity contribution in [1.82, 2.24) is 5.32 Å². The van der Waals surface area contributed by atoms with Gasteiger partial charge in [-0.3, -0.25) is 4.79 Å². The number of rotatable bonds is 6. The van der Waals surface area contributed by atoms with Crippen LogP contribution in [0.3, 0.4) is 0 Å². The summed E-state index contributed by atoms with van der Waals surface area (Å²) in [5.41, 5.74) is 0.983. The van der Waals surface area contributed by atoms with Gasteiger partial charge in [-0.1, -0.05) is 6.07 Å². The van der Waals surface area contributed by atoms with Gasteiger partial charge in [-0.05, 0) is 36.8 Å². The van der Waals surface area contributed by atoms with Crippen LogP contribution in [0.2, 0.25) is 0 Å². The minimum atomic E-state index is -0.0175. The number of benzene rings is 1. The predicted octanol–water partition coefficient (Wildman–Crippen LogP) is 0.949. The van der Waals surface area contributed by atoms with Gasteiger partial charge in [0.2, 0.25) is 6.79 Å². The molecule has 22 heavy (non-hydrogen) atoms. The van der Waals surface area contributed by atoms with E-state index in [0.717, 1.165) is 22.8 Å². The Bertz CT molecular complexity index is 640.